The molecular formula is C23H21ClF8O5S. The number of hydrogen-bond donors (Lipinski definition) is 0. The molecule has 0 amide bonds. The van der Waals surface area contributed by atoms with Crippen molar-refractivity contribution in [3.63, 3.8) is 0 Å². The second-order valence-corrected chi connectivity index (χ2v) is 11.2. The predicted molar refractivity (Wildman–Crippen MR) is 120 cm³/mol. The Morgan fingerprint density at radius 2 is 1.58 bits per heavy atom. The lowest BCUT2D eigenvalue weighted by atomic mass is 9.96. The molecule has 1 aliphatic rings. The highest BCUT2D eigenvalue weighted by atomic mass is 35.5. The minimum Gasteiger partial charge on any atom is -0.469 e. The molecule has 0 aliphatic carbocycles. The van der Waals surface area contributed by atoms with E-state index in [9.17, 15) is 34.8 Å². The van der Waals surface area contributed by atoms with Crippen LogP contribution in [0.25, 0.3) is 5.76 Å². The van der Waals surface area contributed by atoms with E-state index in [1.54, 1.807) is 13.8 Å². The molecule has 15 heteroatoms. The van der Waals surface area contributed by atoms with Gasteiger partial charge in [0, 0.05) is 12.0 Å². The van der Waals surface area contributed by atoms with Crippen LogP contribution >= 0.6 is 11.6 Å². The van der Waals surface area contributed by atoms with Crippen molar-refractivity contribution in [3.8, 4) is 0 Å². The van der Waals surface area contributed by atoms with Crippen molar-refractivity contribution in [2.45, 2.75) is 55.0 Å². The number of sulfone groups is 1. The molecule has 0 saturated carbocycles. The highest BCUT2D eigenvalue weighted by molar-refractivity contribution is 7.96. The van der Waals surface area contributed by atoms with Crippen molar-refractivity contribution < 1.29 is 57.4 Å². The molecular weight excluding hydrogens is 576 g/mol. The molecule has 1 aliphatic heterocycles. The van der Waals surface area contributed by atoms with Gasteiger partial charge in [0.2, 0.25) is 6.29 Å². The lowest BCUT2D eigenvalue weighted by Crippen LogP contribution is -2.63. The largest absolute Gasteiger partial charge is 0.469 e. The molecule has 2 unspecified atom stereocenters. The fourth-order valence-electron chi connectivity index (χ4n) is 3.61. The van der Waals surface area contributed by atoms with E-state index in [-0.39, 0.29) is 23.8 Å². The molecule has 212 valence electrons. The normalized spacial score (nSPS) is 20.1. The Hall–Kier alpha value is -2.32. The van der Waals surface area contributed by atoms with Crippen LogP contribution in [0.15, 0.2) is 58.1 Å². The fourth-order valence-corrected chi connectivity index (χ4v) is 5.47. The standard InChI is InChI=1S/C23H21ClF8O5S/c1-13(2)12-36-17-11-15(16-9-6-10-35-16)19(18(37-17)14-7-4-3-5-8-14)38(33,34)23(31,32)21(27,28)20(25,26)22(24,29)30/h3-10,13,15,17H,11-12H2,1-2H3. The van der Waals surface area contributed by atoms with Crippen LogP contribution in [0.2, 0.25) is 0 Å². The van der Waals surface area contributed by atoms with Crippen LogP contribution in [-0.4, -0.2) is 43.8 Å². The van der Waals surface area contributed by atoms with E-state index < -0.39 is 61.6 Å². The summed E-state index contributed by atoms with van der Waals surface area (Å²) in [5.74, 6) is -17.3. The summed E-state index contributed by atoms with van der Waals surface area (Å²) in [5, 5.41) is -13.0. The van der Waals surface area contributed by atoms with Crippen molar-refractivity contribution in [2.75, 3.05) is 6.61 Å². The van der Waals surface area contributed by atoms with E-state index >= 15 is 8.78 Å². The third-order valence-corrected chi connectivity index (χ3v) is 7.72. The van der Waals surface area contributed by atoms with Crippen LogP contribution in [0.4, 0.5) is 35.1 Å². The second kappa shape index (κ2) is 10.3. The highest BCUT2D eigenvalue weighted by Crippen LogP contribution is 2.58. The van der Waals surface area contributed by atoms with Gasteiger partial charge in [0.25, 0.3) is 9.84 Å². The smallest absolute Gasteiger partial charge is 0.417 e. The van der Waals surface area contributed by atoms with E-state index in [0.717, 1.165) is 12.3 Å². The predicted octanol–water partition coefficient (Wildman–Crippen LogP) is 7.26. The summed E-state index contributed by atoms with van der Waals surface area (Å²) in [6, 6.07) is 8.81. The molecule has 1 aromatic carbocycles. The minimum absolute atomic E-state index is 0.0466. The molecule has 0 radical (unpaired) electrons. The van der Waals surface area contributed by atoms with Gasteiger partial charge in [0.1, 0.15) is 16.4 Å². The van der Waals surface area contributed by atoms with Gasteiger partial charge < -0.3 is 13.9 Å². The first-order valence-electron chi connectivity index (χ1n) is 10.9. The van der Waals surface area contributed by atoms with E-state index in [4.69, 9.17) is 13.9 Å². The summed E-state index contributed by atoms with van der Waals surface area (Å²) >= 11 is 4.01. The molecule has 0 fully saturated rings. The molecule has 0 saturated heterocycles. The molecule has 5 nitrogen and oxygen atoms in total. The van der Waals surface area contributed by atoms with Gasteiger partial charge in [-0.1, -0.05) is 44.2 Å². The summed E-state index contributed by atoms with van der Waals surface area (Å²) in [7, 11) is -6.91. The molecule has 2 atom stereocenters. The number of rotatable bonds is 10. The molecule has 3 rings (SSSR count). The number of ether oxygens (including phenoxy) is 2. The van der Waals surface area contributed by atoms with Gasteiger partial charge in [0.15, 0.2) is 0 Å². The topological polar surface area (TPSA) is 65.7 Å². The SMILES string of the molecule is CC(C)COC1CC(c2ccco2)C(S(=O)(=O)C(F)(F)C(F)(F)C(F)(F)C(F)(F)Cl)=C(c2ccccc2)O1. The van der Waals surface area contributed by atoms with Gasteiger partial charge in [-0.05, 0) is 29.7 Å². The first-order valence-corrected chi connectivity index (χ1v) is 12.8. The minimum atomic E-state index is -7.17. The molecule has 2 heterocycles. The number of allylic oxidation sites excluding steroid dienone is 1. The van der Waals surface area contributed by atoms with E-state index in [1.807, 2.05) is 0 Å². The van der Waals surface area contributed by atoms with E-state index in [1.165, 1.54) is 36.4 Å². The summed E-state index contributed by atoms with van der Waals surface area (Å²) in [6.07, 6.45) is -0.880. The lowest BCUT2D eigenvalue weighted by molar-refractivity contribution is -0.326. The summed E-state index contributed by atoms with van der Waals surface area (Å²) in [4.78, 5) is -1.58. The molecule has 1 aromatic heterocycles. The Morgan fingerprint density at radius 1 is 0.974 bits per heavy atom. The quantitative estimate of drug-likeness (QED) is 0.213. The third-order valence-electron chi connectivity index (χ3n) is 5.50. The zero-order valence-electron chi connectivity index (χ0n) is 19.6. The van der Waals surface area contributed by atoms with Gasteiger partial charge in [-0.3, -0.25) is 0 Å². The molecule has 0 spiro atoms. The number of alkyl halides is 9. The third kappa shape index (κ3) is 5.14. The Kier molecular flexibility index (Phi) is 8.22. The number of furan rings is 1. The molecule has 0 N–H and O–H groups in total. The molecule has 38 heavy (non-hydrogen) atoms. The lowest BCUT2D eigenvalue weighted by Gasteiger charge is -2.38. The van der Waals surface area contributed by atoms with Crippen molar-refractivity contribution in [2.24, 2.45) is 5.92 Å². The Morgan fingerprint density at radius 3 is 2.08 bits per heavy atom. The Balaban J connectivity index is 2.31. The average molecular weight is 597 g/mol. The first kappa shape index (κ1) is 30.2. The number of halogens is 9. The van der Waals surface area contributed by atoms with Crippen molar-refractivity contribution in [1.82, 2.24) is 0 Å². The highest BCUT2D eigenvalue weighted by Gasteiger charge is 2.84. The number of benzene rings is 1. The van der Waals surface area contributed by atoms with Crippen LogP contribution in [0.5, 0.6) is 0 Å². The molecule has 0 bridgehead atoms. The zero-order chi connectivity index (χ0) is 28.7. The first-order chi connectivity index (χ1) is 17.4. The maximum absolute atomic E-state index is 15.1. The van der Waals surface area contributed by atoms with Crippen molar-refractivity contribution in [1.29, 1.82) is 0 Å². The summed E-state index contributed by atoms with van der Waals surface area (Å²) in [5.41, 5.74) is -0.228. The van der Waals surface area contributed by atoms with Crippen LogP contribution < -0.4 is 0 Å². The second-order valence-electron chi connectivity index (χ2n) is 8.80. The average Bonchev–Trinajstić information content (AvgIpc) is 3.36. The molecule has 2 aromatic rings. The van der Waals surface area contributed by atoms with Crippen molar-refractivity contribution in [3.05, 3.63) is 65.0 Å². The van der Waals surface area contributed by atoms with Gasteiger partial charge >= 0.3 is 22.5 Å². The number of hydrogen-bond acceptors (Lipinski definition) is 5. The van der Waals surface area contributed by atoms with Gasteiger partial charge in [-0.25, -0.2) is 8.42 Å². The van der Waals surface area contributed by atoms with Crippen molar-refractivity contribution >= 4 is 27.2 Å². The monoisotopic (exact) mass is 596 g/mol. The maximum atomic E-state index is 15.1. The fraction of sp³-hybridized carbons (Fsp3) is 0.478. The van der Waals surface area contributed by atoms with E-state index in [0.29, 0.717) is 0 Å². The summed E-state index contributed by atoms with van der Waals surface area (Å²) in [6.45, 7) is 3.56. The van der Waals surface area contributed by atoms with Crippen LogP contribution in [0.1, 0.15) is 37.5 Å². The Labute approximate surface area is 217 Å². The van der Waals surface area contributed by atoms with Gasteiger partial charge in [0.05, 0.1) is 18.8 Å². The van der Waals surface area contributed by atoms with Crippen LogP contribution in [0.3, 0.4) is 0 Å². The Bertz CT molecular complexity index is 1240. The zero-order valence-corrected chi connectivity index (χ0v) is 21.2. The summed E-state index contributed by atoms with van der Waals surface area (Å²) < 4.78 is 156. The van der Waals surface area contributed by atoms with Crippen LogP contribution in [-0.2, 0) is 19.3 Å². The van der Waals surface area contributed by atoms with Crippen LogP contribution in [0, 0.1) is 5.92 Å². The maximum Gasteiger partial charge on any atom is 0.417 e. The van der Waals surface area contributed by atoms with Gasteiger partial charge in [-0.15, -0.1) is 0 Å². The van der Waals surface area contributed by atoms with Gasteiger partial charge in [-0.2, -0.15) is 35.1 Å². The van der Waals surface area contributed by atoms with E-state index in [2.05, 4.69) is 11.6 Å².